The Bertz CT molecular complexity index is 610. The molecule has 0 aliphatic carbocycles. The predicted molar refractivity (Wildman–Crippen MR) is 79.0 cm³/mol. The van der Waals surface area contributed by atoms with Gasteiger partial charge in [-0.1, -0.05) is 6.92 Å². The van der Waals surface area contributed by atoms with Gasteiger partial charge in [-0.15, -0.1) is 0 Å². The average molecular weight is 289 g/mol. The van der Waals surface area contributed by atoms with E-state index < -0.39 is 0 Å². The lowest BCUT2D eigenvalue weighted by Crippen LogP contribution is -2.31. The van der Waals surface area contributed by atoms with Gasteiger partial charge in [0.1, 0.15) is 12.1 Å². The quantitative estimate of drug-likeness (QED) is 0.940. The SMILES string of the molecule is CC1(CN)CCN(Cc2coc(-c3ccc(F)cc3)n2)C1. The zero-order valence-electron chi connectivity index (χ0n) is 12.2. The first-order valence-electron chi connectivity index (χ1n) is 7.21. The van der Waals surface area contributed by atoms with Gasteiger partial charge in [-0.25, -0.2) is 9.37 Å². The van der Waals surface area contributed by atoms with E-state index in [2.05, 4.69) is 16.8 Å². The highest BCUT2D eigenvalue weighted by molar-refractivity contribution is 5.52. The molecule has 1 atom stereocenters. The molecule has 0 radical (unpaired) electrons. The summed E-state index contributed by atoms with van der Waals surface area (Å²) >= 11 is 0. The molecule has 3 rings (SSSR count). The van der Waals surface area contributed by atoms with Crippen LogP contribution in [0.2, 0.25) is 0 Å². The molecule has 4 nitrogen and oxygen atoms in total. The maximum absolute atomic E-state index is 12.9. The topological polar surface area (TPSA) is 55.3 Å². The van der Waals surface area contributed by atoms with E-state index in [4.69, 9.17) is 10.2 Å². The standard InChI is InChI=1S/C16H20FN3O/c1-16(10-18)6-7-20(11-16)8-14-9-21-15(19-14)12-2-4-13(17)5-3-12/h2-5,9H,6-8,10-11,18H2,1H3. The number of benzene rings is 1. The minimum atomic E-state index is -0.260. The fraction of sp³-hybridized carbons (Fsp3) is 0.438. The van der Waals surface area contributed by atoms with Crippen molar-refractivity contribution in [2.24, 2.45) is 11.1 Å². The van der Waals surface area contributed by atoms with Gasteiger partial charge in [-0.05, 0) is 49.2 Å². The maximum Gasteiger partial charge on any atom is 0.226 e. The van der Waals surface area contributed by atoms with Crippen molar-refractivity contribution in [3.63, 3.8) is 0 Å². The number of hydrogen-bond acceptors (Lipinski definition) is 4. The summed E-state index contributed by atoms with van der Waals surface area (Å²) in [6.45, 7) is 5.72. The summed E-state index contributed by atoms with van der Waals surface area (Å²) in [4.78, 5) is 6.83. The molecule has 1 aliphatic rings. The highest BCUT2D eigenvalue weighted by atomic mass is 19.1. The van der Waals surface area contributed by atoms with Crippen molar-refractivity contribution in [1.82, 2.24) is 9.88 Å². The largest absolute Gasteiger partial charge is 0.444 e. The van der Waals surface area contributed by atoms with E-state index in [-0.39, 0.29) is 11.2 Å². The Hall–Kier alpha value is -1.72. The van der Waals surface area contributed by atoms with Crippen molar-refractivity contribution in [3.05, 3.63) is 42.0 Å². The van der Waals surface area contributed by atoms with Crippen molar-refractivity contribution in [3.8, 4) is 11.5 Å². The third-order valence-corrected chi connectivity index (χ3v) is 4.16. The molecule has 1 unspecified atom stereocenters. The molecule has 21 heavy (non-hydrogen) atoms. The molecule has 1 saturated heterocycles. The third-order valence-electron chi connectivity index (χ3n) is 4.16. The van der Waals surface area contributed by atoms with E-state index >= 15 is 0 Å². The molecule has 0 bridgehead atoms. The Morgan fingerprint density at radius 2 is 2.14 bits per heavy atom. The van der Waals surface area contributed by atoms with E-state index in [1.165, 1.54) is 12.1 Å². The summed E-state index contributed by atoms with van der Waals surface area (Å²) in [5.41, 5.74) is 7.72. The van der Waals surface area contributed by atoms with Crippen LogP contribution in [0.25, 0.3) is 11.5 Å². The summed E-state index contributed by atoms with van der Waals surface area (Å²) in [5.74, 6) is 0.273. The lowest BCUT2D eigenvalue weighted by molar-refractivity contribution is 0.272. The molecule has 2 heterocycles. The van der Waals surface area contributed by atoms with Gasteiger partial charge < -0.3 is 10.2 Å². The fourth-order valence-electron chi connectivity index (χ4n) is 2.76. The van der Waals surface area contributed by atoms with Gasteiger partial charge in [-0.3, -0.25) is 4.90 Å². The van der Waals surface area contributed by atoms with Crippen molar-refractivity contribution >= 4 is 0 Å². The first kappa shape index (κ1) is 14.2. The number of oxazole rings is 1. The van der Waals surface area contributed by atoms with Gasteiger partial charge >= 0.3 is 0 Å². The van der Waals surface area contributed by atoms with Gasteiger partial charge in [0.15, 0.2) is 0 Å². The Labute approximate surface area is 123 Å². The van der Waals surface area contributed by atoms with Gasteiger partial charge in [0.25, 0.3) is 0 Å². The minimum absolute atomic E-state index is 0.212. The summed E-state index contributed by atoms with van der Waals surface area (Å²) < 4.78 is 18.4. The molecule has 0 spiro atoms. The van der Waals surface area contributed by atoms with E-state index in [0.717, 1.165) is 37.3 Å². The Morgan fingerprint density at radius 3 is 2.81 bits per heavy atom. The molecule has 1 aromatic heterocycles. The van der Waals surface area contributed by atoms with E-state index in [1.807, 2.05) is 0 Å². The molecular weight excluding hydrogens is 269 g/mol. The molecule has 2 N–H and O–H groups in total. The van der Waals surface area contributed by atoms with Crippen LogP contribution in [-0.4, -0.2) is 29.5 Å². The number of aromatic nitrogens is 1. The summed E-state index contributed by atoms with van der Waals surface area (Å²) in [7, 11) is 0. The summed E-state index contributed by atoms with van der Waals surface area (Å²) in [5, 5.41) is 0. The van der Waals surface area contributed by atoms with E-state index in [9.17, 15) is 4.39 Å². The molecule has 1 fully saturated rings. The lowest BCUT2D eigenvalue weighted by atomic mass is 9.90. The molecule has 5 heteroatoms. The smallest absolute Gasteiger partial charge is 0.226 e. The second-order valence-electron chi connectivity index (χ2n) is 6.13. The zero-order chi connectivity index (χ0) is 14.9. The van der Waals surface area contributed by atoms with E-state index in [1.54, 1.807) is 18.4 Å². The molecule has 1 aliphatic heterocycles. The number of hydrogen-bond donors (Lipinski definition) is 1. The second kappa shape index (κ2) is 5.58. The van der Waals surface area contributed by atoms with Crippen molar-refractivity contribution in [1.29, 1.82) is 0 Å². The molecule has 1 aromatic carbocycles. The van der Waals surface area contributed by atoms with Crippen molar-refractivity contribution in [2.45, 2.75) is 19.9 Å². The van der Waals surface area contributed by atoms with Crippen LogP contribution in [0.1, 0.15) is 19.0 Å². The molecule has 112 valence electrons. The fourth-order valence-corrected chi connectivity index (χ4v) is 2.76. The van der Waals surface area contributed by atoms with Crippen LogP contribution in [0.4, 0.5) is 4.39 Å². The maximum atomic E-state index is 12.9. The lowest BCUT2D eigenvalue weighted by Gasteiger charge is -2.21. The Morgan fingerprint density at radius 1 is 1.38 bits per heavy atom. The second-order valence-corrected chi connectivity index (χ2v) is 6.13. The first-order chi connectivity index (χ1) is 10.1. The monoisotopic (exact) mass is 289 g/mol. The van der Waals surface area contributed by atoms with Crippen molar-refractivity contribution < 1.29 is 8.81 Å². The van der Waals surface area contributed by atoms with Crippen LogP contribution in [0.3, 0.4) is 0 Å². The minimum Gasteiger partial charge on any atom is -0.444 e. The number of likely N-dealkylation sites (tertiary alicyclic amines) is 1. The van der Waals surface area contributed by atoms with Gasteiger partial charge in [-0.2, -0.15) is 0 Å². The highest BCUT2D eigenvalue weighted by Gasteiger charge is 2.32. The van der Waals surface area contributed by atoms with Crippen LogP contribution in [0.5, 0.6) is 0 Å². The van der Waals surface area contributed by atoms with Gasteiger partial charge in [0.05, 0.1) is 5.69 Å². The van der Waals surface area contributed by atoms with E-state index in [0.29, 0.717) is 12.4 Å². The molecule has 2 aromatic rings. The molecule has 0 amide bonds. The van der Waals surface area contributed by atoms with Crippen LogP contribution >= 0.6 is 0 Å². The normalized spacial score (nSPS) is 22.8. The molecular formula is C16H20FN3O. The van der Waals surface area contributed by atoms with Crippen LogP contribution in [-0.2, 0) is 6.54 Å². The number of halogens is 1. The average Bonchev–Trinajstić information content (AvgIpc) is 3.08. The number of rotatable bonds is 4. The van der Waals surface area contributed by atoms with Gasteiger partial charge in [0, 0.05) is 18.7 Å². The highest BCUT2D eigenvalue weighted by Crippen LogP contribution is 2.29. The Kier molecular flexibility index (Phi) is 3.78. The first-order valence-corrected chi connectivity index (χ1v) is 7.21. The van der Waals surface area contributed by atoms with Crippen LogP contribution < -0.4 is 5.73 Å². The van der Waals surface area contributed by atoms with Crippen LogP contribution in [0.15, 0.2) is 34.9 Å². The number of nitrogens with two attached hydrogens (primary N) is 1. The third kappa shape index (κ3) is 3.14. The van der Waals surface area contributed by atoms with Crippen molar-refractivity contribution in [2.75, 3.05) is 19.6 Å². The number of nitrogens with zero attached hydrogens (tertiary/aromatic N) is 2. The summed E-state index contributed by atoms with van der Waals surface area (Å²) in [6.07, 6.45) is 2.79. The summed E-state index contributed by atoms with van der Waals surface area (Å²) in [6, 6.07) is 6.16. The zero-order valence-corrected chi connectivity index (χ0v) is 12.2. The predicted octanol–water partition coefficient (Wildman–Crippen LogP) is 2.65. The van der Waals surface area contributed by atoms with Gasteiger partial charge in [0.2, 0.25) is 5.89 Å². The Balaban J connectivity index is 1.67. The molecule has 0 saturated carbocycles. The van der Waals surface area contributed by atoms with Crippen LogP contribution in [0, 0.1) is 11.2 Å².